The van der Waals surface area contributed by atoms with Crippen LogP contribution in [0, 0.1) is 0 Å². The molecule has 2 N–H and O–H groups in total. The van der Waals surface area contributed by atoms with E-state index in [0.29, 0.717) is 5.75 Å². The van der Waals surface area contributed by atoms with E-state index in [9.17, 15) is 5.11 Å². The Kier molecular flexibility index (Phi) is 4.29. The molecule has 2 aromatic rings. The molecule has 0 radical (unpaired) electrons. The molecule has 0 saturated carbocycles. The van der Waals surface area contributed by atoms with E-state index in [1.165, 1.54) is 0 Å². The molecule has 0 aliphatic carbocycles. The highest BCUT2D eigenvalue weighted by Crippen LogP contribution is 2.28. The van der Waals surface area contributed by atoms with E-state index in [1.54, 1.807) is 6.08 Å². The van der Waals surface area contributed by atoms with E-state index in [4.69, 9.17) is 9.90 Å². The molecule has 17 heavy (non-hydrogen) atoms. The minimum absolute atomic E-state index is 0.313. The third kappa shape index (κ3) is 3.34. The van der Waals surface area contributed by atoms with Crippen LogP contribution in [0.15, 0.2) is 43.0 Å². The second-order valence-corrected chi connectivity index (χ2v) is 3.45. The first kappa shape index (κ1) is 12.8. The Bertz CT molecular complexity index is 540. The molecule has 0 atom stereocenters. The maximum atomic E-state index is 9.78. The number of aromatic hydroxyl groups is 1. The van der Waals surface area contributed by atoms with E-state index in [-0.39, 0.29) is 0 Å². The lowest BCUT2D eigenvalue weighted by atomic mass is 10.1. The SMILES string of the molecule is C=Cc1ccc2ccccc2c1O.CC(=O)O. The molecule has 2 rings (SSSR count). The largest absolute Gasteiger partial charge is 0.507 e. The van der Waals surface area contributed by atoms with Crippen LogP contribution in [0.25, 0.3) is 16.8 Å². The predicted molar refractivity (Wildman–Crippen MR) is 69.0 cm³/mol. The lowest BCUT2D eigenvalue weighted by Crippen LogP contribution is -1.78. The molecule has 0 aliphatic rings. The average molecular weight is 230 g/mol. The molecule has 0 aromatic heterocycles. The van der Waals surface area contributed by atoms with Crippen molar-refractivity contribution in [3.8, 4) is 5.75 Å². The molecule has 0 unspecified atom stereocenters. The van der Waals surface area contributed by atoms with Gasteiger partial charge in [-0.05, 0) is 5.39 Å². The van der Waals surface area contributed by atoms with Gasteiger partial charge in [0.2, 0.25) is 0 Å². The molecule has 3 heteroatoms. The Balaban J connectivity index is 0.000000317. The second kappa shape index (κ2) is 5.70. The second-order valence-electron chi connectivity index (χ2n) is 3.45. The minimum Gasteiger partial charge on any atom is -0.507 e. The molecule has 0 amide bonds. The van der Waals surface area contributed by atoms with Crippen molar-refractivity contribution in [1.29, 1.82) is 0 Å². The van der Waals surface area contributed by atoms with Crippen LogP contribution in [0.2, 0.25) is 0 Å². The Morgan fingerprint density at radius 2 is 1.82 bits per heavy atom. The lowest BCUT2D eigenvalue weighted by Gasteiger charge is -2.03. The molecule has 0 spiro atoms. The van der Waals surface area contributed by atoms with E-state index in [2.05, 4.69) is 6.58 Å². The van der Waals surface area contributed by atoms with Gasteiger partial charge in [0.1, 0.15) is 5.75 Å². The molecular formula is C14H14O3. The highest BCUT2D eigenvalue weighted by atomic mass is 16.4. The fourth-order valence-electron chi connectivity index (χ4n) is 1.44. The first-order chi connectivity index (χ1) is 8.06. The van der Waals surface area contributed by atoms with E-state index >= 15 is 0 Å². The molecule has 0 saturated heterocycles. The number of phenolic OH excluding ortho intramolecular Hbond substituents is 1. The van der Waals surface area contributed by atoms with Gasteiger partial charge < -0.3 is 10.2 Å². The zero-order chi connectivity index (χ0) is 12.8. The van der Waals surface area contributed by atoms with Crippen LogP contribution in [0.3, 0.4) is 0 Å². The number of phenols is 1. The van der Waals surface area contributed by atoms with Crippen LogP contribution in [0.5, 0.6) is 5.75 Å². The van der Waals surface area contributed by atoms with Gasteiger partial charge in [0.15, 0.2) is 0 Å². The van der Waals surface area contributed by atoms with Crippen LogP contribution in [-0.2, 0) is 4.79 Å². The Hall–Kier alpha value is -2.29. The number of carbonyl (C=O) groups is 1. The van der Waals surface area contributed by atoms with Crippen molar-refractivity contribution in [3.05, 3.63) is 48.5 Å². The third-order valence-corrected chi connectivity index (χ3v) is 2.15. The number of benzene rings is 2. The number of fused-ring (bicyclic) bond motifs is 1. The Labute approximate surface area is 99.6 Å². The van der Waals surface area contributed by atoms with Crippen molar-refractivity contribution in [2.75, 3.05) is 0 Å². The van der Waals surface area contributed by atoms with Gasteiger partial charge in [0.25, 0.3) is 5.97 Å². The van der Waals surface area contributed by atoms with E-state index in [1.807, 2.05) is 36.4 Å². The van der Waals surface area contributed by atoms with Gasteiger partial charge in [-0.3, -0.25) is 4.79 Å². The molecule has 0 fully saturated rings. The van der Waals surface area contributed by atoms with Crippen LogP contribution >= 0.6 is 0 Å². The predicted octanol–water partition coefficient (Wildman–Crippen LogP) is 3.28. The number of hydrogen-bond donors (Lipinski definition) is 2. The summed E-state index contributed by atoms with van der Waals surface area (Å²) in [6.07, 6.45) is 1.65. The van der Waals surface area contributed by atoms with Crippen LogP contribution in [0.1, 0.15) is 12.5 Å². The summed E-state index contributed by atoms with van der Waals surface area (Å²) in [5.41, 5.74) is 0.777. The molecular weight excluding hydrogens is 216 g/mol. The summed E-state index contributed by atoms with van der Waals surface area (Å²) < 4.78 is 0. The smallest absolute Gasteiger partial charge is 0.300 e. The fraction of sp³-hybridized carbons (Fsp3) is 0.0714. The van der Waals surface area contributed by atoms with Crippen LogP contribution in [0.4, 0.5) is 0 Å². The molecule has 88 valence electrons. The van der Waals surface area contributed by atoms with Crippen molar-refractivity contribution in [2.24, 2.45) is 0 Å². The van der Waals surface area contributed by atoms with Gasteiger partial charge in [0.05, 0.1) is 0 Å². The quantitative estimate of drug-likeness (QED) is 0.790. The summed E-state index contributed by atoms with van der Waals surface area (Å²) in [5.74, 6) is -0.520. The number of hydrogen-bond acceptors (Lipinski definition) is 2. The van der Waals surface area contributed by atoms with Crippen LogP contribution in [-0.4, -0.2) is 16.2 Å². The highest BCUT2D eigenvalue weighted by Gasteiger charge is 2.01. The molecule has 3 nitrogen and oxygen atoms in total. The maximum absolute atomic E-state index is 9.78. The van der Waals surface area contributed by atoms with Gasteiger partial charge >= 0.3 is 0 Å². The monoisotopic (exact) mass is 230 g/mol. The number of carboxylic acid groups (broad SMARTS) is 1. The van der Waals surface area contributed by atoms with Crippen molar-refractivity contribution >= 4 is 22.8 Å². The van der Waals surface area contributed by atoms with E-state index in [0.717, 1.165) is 23.3 Å². The molecule has 0 aliphatic heterocycles. The zero-order valence-corrected chi connectivity index (χ0v) is 9.55. The van der Waals surface area contributed by atoms with Crippen molar-refractivity contribution in [2.45, 2.75) is 6.92 Å². The zero-order valence-electron chi connectivity index (χ0n) is 9.55. The normalized spacial score (nSPS) is 9.24. The minimum atomic E-state index is -0.833. The first-order valence-electron chi connectivity index (χ1n) is 5.09. The standard InChI is InChI=1S/C12H10O.C2H4O2/c1-2-9-7-8-10-5-3-4-6-11(10)12(9)13;1-2(3)4/h2-8,13H,1H2;1H3,(H,3,4). The molecule has 2 aromatic carbocycles. The van der Waals surface area contributed by atoms with Crippen LogP contribution < -0.4 is 0 Å². The van der Waals surface area contributed by atoms with Gasteiger partial charge in [-0.15, -0.1) is 0 Å². The maximum Gasteiger partial charge on any atom is 0.300 e. The van der Waals surface area contributed by atoms with Gasteiger partial charge in [-0.1, -0.05) is 49.1 Å². The van der Waals surface area contributed by atoms with Crippen molar-refractivity contribution in [1.82, 2.24) is 0 Å². The molecule has 0 bridgehead atoms. The van der Waals surface area contributed by atoms with Gasteiger partial charge in [-0.2, -0.15) is 0 Å². The summed E-state index contributed by atoms with van der Waals surface area (Å²) in [6, 6.07) is 11.6. The average Bonchev–Trinajstić information content (AvgIpc) is 2.29. The summed E-state index contributed by atoms with van der Waals surface area (Å²) in [4.78, 5) is 9.00. The first-order valence-corrected chi connectivity index (χ1v) is 5.09. The highest BCUT2D eigenvalue weighted by molar-refractivity contribution is 5.91. The number of carboxylic acids is 1. The fourth-order valence-corrected chi connectivity index (χ4v) is 1.44. The Morgan fingerprint density at radius 3 is 2.41 bits per heavy atom. The lowest BCUT2D eigenvalue weighted by molar-refractivity contribution is -0.134. The van der Waals surface area contributed by atoms with Crippen molar-refractivity contribution in [3.63, 3.8) is 0 Å². The van der Waals surface area contributed by atoms with Gasteiger partial charge in [0, 0.05) is 17.9 Å². The van der Waals surface area contributed by atoms with Crippen molar-refractivity contribution < 1.29 is 15.0 Å². The summed E-state index contributed by atoms with van der Waals surface area (Å²) in [5, 5.41) is 19.1. The van der Waals surface area contributed by atoms with E-state index < -0.39 is 5.97 Å². The topological polar surface area (TPSA) is 57.5 Å². The molecule has 0 heterocycles. The number of aliphatic carboxylic acids is 1. The number of rotatable bonds is 1. The van der Waals surface area contributed by atoms with Gasteiger partial charge in [-0.25, -0.2) is 0 Å². The summed E-state index contributed by atoms with van der Waals surface area (Å²) in [7, 11) is 0. The Morgan fingerprint density at radius 1 is 1.24 bits per heavy atom. The summed E-state index contributed by atoms with van der Waals surface area (Å²) in [6.45, 7) is 4.72. The summed E-state index contributed by atoms with van der Waals surface area (Å²) >= 11 is 0. The third-order valence-electron chi connectivity index (χ3n) is 2.15.